The Morgan fingerprint density at radius 3 is 2.75 bits per heavy atom. The molecule has 16 heavy (non-hydrogen) atoms. The summed E-state index contributed by atoms with van der Waals surface area (Å²) in [6.45, 7) is -0.392. The summed E-state index contributed by atoms with van der Waals surface area (Å²) in [5.41, 5.74) is 0. The van der Waals surface area contributed by atoms with Gasteiger partial charge in [0, 0.05) is 13.0 Å². The van der Waals surface area contributed by atoms with Gasteiger partial charge in [0.25, 0.3) is 5.92 Å². The van der Waals surface area contributed by atoms with Crippen molar-refractivity contribution in [2.75, 3.05) is 20.2 Å². The van der Waals surface area contributed by atoms with Gasteiger partial charge in [-0.3, -0.25) is 14.9 Å². The molecule has 92 valence electrons. The Bertz CT molecular complexity index is 284. The molecule has 0 spiro atoms. The number of methoxy groups -OCH3 is 1. The summed E-state index contributed by atoms with van der Waals surface area (Å²) in [5, 5.41) is 4.81. The van der Waals surface area contributed by atoms with E-state index in [4.69, 9.17) is 0 Å². The summed E-state index contributed by atoms with van der Waals surface area (Å²) in [6.07, 6.45) is -0.470. The van der Waals surface area contributed by atoms with E-state index in [0.29, 0.717) is 0 Å². The second kappa shape index (κ2) is 5.20. The van der Waals surface area contributed by atoms with Gasteiger partial charge in [-0.15, -0.1) is 0 Å². The van der Waals surface area contributed by atoms with Gasteiger partial charge in [-0.05, 0) is 0 Å². The number of hydrogen-bond acceptors (Lipinski definition) is 4. The van der Waals surface area contributed by atoms with E-state index < -0.39 is 36.8 Å². The van der Waals surface area contributed by atoms with Crippen LogP contribution in [0.25, 0.3) is 0 Å². The molecule has 0 aromatic heterocycles. The van der Waals surface area contributed by atoms with Gasteiger partial charge >= 0.3 is 5.97 Å². The Hall–Kier alpha value is -1.24. The van der Waals surface area contributed by atoms with Gasteiger partial charge in [0.05, 0.1) is 26.1 Å². The van der Waals surface area contributed by atoms with Crippen LogP contribution in [0.4, 0.5) is 8.78 Å². The molecule has 0 aliphatic carbocycles. The summed E-state index contributed by atoms with van der Waals surface area (Å²) in [7, 11) is 1.24. The second-order valence-electron chi connectivity index (χ2n) is 3.61. The highest BCUT2D eigenvalue weighted by Gasteiger charge is 2.42. The Balaban J connectivity index is 2.24. The van der Waals surface area contributed by atoms with E-state index in [9.17, 15) is 18.4 Å². The number of carbonyl (C=O) groups is 2. The van der Waals surface area contributed by atoms with Gasteiger partial charge < -0.3 is 10.1 Å². The van der Waals surface area contributed by atoms with E-state index in [1.807, 2.05) is 0 Å². The molecular formula is C9H14F2N2O3. The van der Waals surface area contributed by atoms with Crippen molar-refractivity contribution in [3.63, 3.8) is 0 Å². The molecule has 0 saturated carbocycles. The minimum atomic E-state index is -2.83. The number of alkyl halides is 2. The fraction of sp³-hybridized carbons (Fsp3) is 0.778. The highest BCUT2D eigenvalue weighted by atomic mass is 19.3. The van der Waals surface area contributed by atoms with Crippen molar-refractivity contribution < 1.29 is 23.1 Å². The molecule has 1 amide bonds. The van der Waals surface area contributed by atoms with Gasteiger partial charge in [0.15, 0.2) is 0 Å². The summed E-state index contributed by atoms with van der Waals surface area (Å²) >= 11 is 0. The molecule has 1 unspecified atom stereocenters. The normalized spacial score (nSPS) is 22.8. The Morgan fingerprint density at radius 1 is 1.56 bits per heavy atom. The van der Waals surface area contributed by atoms with Gasteiger partial charge in [-0.1, -0.05) is 0 Å². The summed E-state index contributed by atoms with van der Waals surface area (Å²) in [6, 6.07) is -0.882. The maximum absolute atomic E-state index is 12.7. The number of ether oxygens (including phenoxy) is 1. The van der Waals surface area contributed by atoms with E-state index in [0.717, 1.165) is 0 Å². The van der Waals surface area contributed by atoms with Crippen LogP contribution in [0.2, 0.25) is 0 Å². The lowest BCUT2D eigenvalue weighted by Gasteiger charge is -2.10. The van der Waals surface area contributed by atoms with Crippen molar-refractivity contribution in [1.82, 2.24) is 10.6 Å². The van der Waals surface area contributed by atoms with Crippen molar-refractivity contribution in [2.24, 2.45) is 0 Å². The Morgan fingerprint density at radius 2 is 2.25 bits per heavy atom. The van der Waals surface area contributed by atoms with Crippen LogP contribution in [0.1, 0.15) is 12.8 Å². The molecule has 1 aliphatic heterocycles. The summed E-state index contributed by atoms with van der Waals surface area (Å²) in [4.78, 5) is 22.1. The van der Waals surface area contributed by atoms with Crippen molar-refractivity contribution >= 4 is 11.9 Å². The predicted molar refractivity (Wildman–Crippen MR) is 51.0 cm³/mol. The Kier molecular flexibility index (Phi) is 4.17. The zero-order valence-electron chi connectivity index (χ0n) is 8.89. The molecule has 1 saturated heterocycles. The quantitative estimate of drug-likeness (QED) is 0.655. The molecule has 0 bridgehead atoms. The SMILES string of the molecule is COC(=O)CCNC(=O)C1CC(F)(F)CN1. The average molecular weight is 236 g/mol. The maximum atomic E-state index is 12.7. The van der Waals surface area contributed by atoms with Crippen LogP contribution in [-0.2, 0) is 14.3 Å². The lowest BCUT2D eigenvalue weighted by Crippen LogP contribution is -2.41. The van der Waals surface area contributed by atoms with E-state index in [-0.39, 0.29) is 13.0 Å². The van der Waals surface area contributed by atoms with Crippen molar-refractivity contribution in [3.05, 3.63) is 0 Å². The third-order valence-electron chi connectivity index (χ3n) is 2.28. The first-order chi connectivity index (χ1) is 7.44. The topological polar surface area (TPSA) is 67.4 Å². The first kappa shape index (κ1) is 12.8. The zero-order chi connectivity index (χ0) is 12.2. The highest BCUT2D eigenvalue weighted by Crippen LogP contribution is 2.24. The molecule has 2 N–H and O–H groups in total. The summed E-state index contributed by atoms with van der Waals surface area (Å²) < 4.78 is 29.9. The smallest absolute Gasteiger partial charge is 0.307 e. The van der Waals surface area contributed by atoms with Gasteiger partial charge in [-0.25, -0.2) is 8.78 Å². The van der Waals surface area contributed by atoms with Gasteiger partial charge in [-0.2, -0.15) is 0 Å². The molecule has 1 aliphatic rings. The monoisotopic (exact) mass is 236 g/mol. The first-order valence-corrected chi connectivity index (χ1v) is 4.90. The molecule has 0 aromatic carbocycles. The van der Waals surface area contributed by atoms with E-state index in [1.54, 1.807) is 0 Å². The third kappa shape index (κ3) is 3.73. The van der Waals surface area contributed by atoms with Crippen LogP contribution >= 0.6 is 0 Å². The van der Waals surface area contributed by atoms with Crippen LogP contribution in [-0.4, -0.2) is 44.0 Å². The van der Waals surface area contributed by atoms with Crippen LogP contribution in [0, 0.1) is 0 Å². The van der Waals surface area contributed by atoms with Crippen LogP contribution < -0.4 is 10.6 Å². The van der Waals surface area contributed by atoms with Crippen molar-refractivity contribution in [3.8, 4) is 0 Å². The fourth-order valence-electron chi connectivity index (χ4n) is 1.41. The predicted octanol–water partition coefficient (Wildman–Crippen LogP) is -0.337. The largest absolute Gasteiger partial charge is 0.469 e. The van der Waals surface area contributed by atoms with Gasteiger partial charge in [0.2, 0.25) is 5.91 Å². The number of halogens is 2. The fourth-order valence-corrected chi connectivity index (χ4v) is 1.41. The van der Waals surface area contributed by atoms with Crippen LogP contribution in [0.15, 0.2) is 0 Å². The second-order valence-corrected chi connectivity index (χ2v) is 3.61. The third-order valence-corrected chi connectivity index (χ3v) is 2.28. The number of nitrogens with one attached hydrogen (secondary N) is 2. The maximum Gasteiger partial charge on any atom is 0.307 e. The number of hydrogen-bond donors (Lipinski definition) is 2. The molecule has 1 rings (SSSR count). The average Bonchev–Trinajstić information content (AvgIpc) is 2.58. The highest BCUT2D eigenvalue weighted by molar-refractivity contribution is 5.82. The molecule has 1 heterocycles. The van der Waals surface area contributed by atoms with Crippen molar-refractivity contribution in [1.29, 1.82) is 0 Å². The first-order valence-electron chi connectivity index (χ1n) is 4.90. The number of esters is 1. The standard InChI is InChI=1S/C9H14F2N2O3/c1-16-7(14)2-3-12-8(15)6-4-9(10,11)5-13-6/h6,13H,2-5H2,1H3,(H,12,15). The molecule has 0 radical (unpaired) electrons. The zero-order valence-corrected chi connectivity index (χ0v) is 8.89. The lowest BCUT2D eigenvalue weighted by atomic mass is 10.2. The molecule has 0 aromatic rings. The van der Waals surface area contributed by atoms with Crippen LogP contribution in [0.3, 0.4) is 0 Å². The van der Waals surface area contributed by atoms with E-state index in [2.05, 4.69) is 15.4 Å². The molecule has 7 heteroatoms. The minimum absolute atomic E-state index is 0.0331. The van der Waals surface area contributed by atoms with Gasteiger partial charge in [0.1, 0.15) is 0 Å². The van der Waals surface area contributed by atoms with E-state index >= 15 is 0 Å². The lowest BCUT2D eigenvalue weighted by molar-refractivity contribution is -0.140. The van der Waals surface area contributed by atoms with Crippen LogP contribution in [0.5, 0.6) is 0 Å². The molecule has 1 fully saturated rings. The molecule has 1 atom stereocenters. The Labute approximate surface area is 91.5 Å². The number of rotatable bonds is 4. The van der Waals surface area contributed by atoms with Crippen molar-refractivity contribution in [2.45, 2.75) is 24.8 Å². The number of carbonyl (C=O) groups excluding carboxylic acids is 2. The molecular weight excluding hydrogens is 222 g/mol. The van der Waals surface area contributed by atoms with E-state index in [1.165, 1.54) is 7.11 Å². The minimum Gasteiger partial charge on any atom is -0.469 e. The molecule has 5 nitrogen and oxygen atoms in total. The number of amides is 1. The summed E-state index contributed by atoms with van der Waals surface area (Å²) in [5.74, 6) is -3.80.